The van der Waals surface area contributed by atoms with Gasteiger partial charge in [-0.3, -0.25) is 0 Å². The molecule has 0 aromatic rings. The summed E-state index contributed by atoms with van der Waals surface area (Å²) in [5, 5.41) is 7.94. The molecule has 0 aromatic heterocycles. The summed E-state index contributed by atoms with van der Waals surface area (Å²) < 4.78 is 4.44. The minimum atomic E-state index is 0. The van der Waals surface area contributed by atoms with Gasteiger partial charge < -0.3 is 9.84 Å². The molecule has 0 amide bonds. The summed E-state index contributed by atoms with van der Waals surface area (Å²) in [5.74, 6) is 0. The Morgan fingerprint density at radius 2 is 2.17 bits per heavy atom. The number of hydrogen-bond donors (Lipinski definition) is 1. The molecule has 1 radical (unpaired) electrons. The van der Waals surface area contributed by atoms with Crippen molar-refractivity contribution in [3.8, 4) is 0 Å². The predicted octanol–water partition coefficient (Wildman–Crippen LogP) is -0.377. The van der Waals surface area contributed by atoms with Crippen LogP contribution in [0.1, 0.15) is 0 Å². The van der Waals surface area contributed by atoms with Crippen LogP contribution in [-0.4, -0.2) is 25.4 Å². The zero-order valence-corrected chi connectivity index (χ0v) is 6.69. The Morgan fingerprint density at radius 1 is 1.67 bits per heavy atom. The third-order valence-electron chi connectivity index (χ3n) is 0.295. The van der Waals surface area contributed by atoms with E-state index in [4.69, 9.17) is 5.11 Å². The second kappa shape index (κ2) is 9.39. The topological polar surface area (TPSA) is 29.5 Å². The minimum absolute atomic E-state index is 0. The van der Waals surface area contributed by atoms with E-state index in [2.05, 4.69) is 4.74 Å². The fourth-order valence-corrected chi connectivity index (χ4v) is 0.0913. The van der Waals surface area contributed by atoms with Gasteiger partial charge in [0.15, 0.2) is 0 Å². The number of aliphatic hydroxyl groups excluding tert-OH is 1. The average molecular weight is 165 g/mol. The van der Waals surface area contributed by atoms with E-state index in [1.807, 2.05) is 0 Å². The zero-order valence-electron chi connectivity index (χ0n) is 3.85. The summed E-state index contributed by atoms with van der Waals surface area (Å²) in [6, 6.07) is 0. The quantitative estimate of drug-likeness (QED) is 0.604. The number of methoxy groups -OCH3 is 1. The van der Waals surface area contributed by atoms with E-state index in [0.29, 0.717) is 6.61 Å². The monoisotopic (exact) mass is 165 g/mol. The molecule has 0 heterocycles. The van der Waals surface area contributed by atoms with E-state index in [-0.39, 0.29) is 39.3 Å². The minimum Gasteiger partial charge on any atom is -0.394 e. The second-order valence-corrected chi connectivity index (χ2v) is 0.716. The molecule has 0 bridgehead atoms. The summed E-state index contributed by atoms with van der Waals surface area (Å²) in [6.07, 6.45) is 0. The Morgan fingerprint density at radius 3 is 2.17 bits per heavy atom. The maximum absolute atomic E-state index is 7.94. The number of aliphatic hydroxyl groups is 1. The van der Waals surface area contributed by atoms with Crippen LogP contribution >= 0.6 is 0 Å². The summed E-state index contributed by atoms with van der Waals surface area (Å²) in [6.45, 7) is 0.566. The van der Waals surface area contributed by atoms with E-state index >= 15 is 0 Å². The molecule has 0 atom stereocenters. The van der Waals surface area contributed by atoms with Gasteiger partial charge in [-0.2, -0.15) is 0 Å². The average Bonchev–Trinajstić information content (AvgIpc) is 1.41. The maximum atomic E-state index is 7.94. The second-order valence-electron chi connectivity index (χ2n) is 0.716. The largest absolute Gasteiger partial charge is 0.394 e. The van der Waals surface area contributed by atoms with Crippen LogP contribution in [0, 0.1) is 0 Å². The molecule has 0 fully saturated rings. The summed E-state index contributed by atoms with van der Waals surface area (Å²) in [5.41, 5.74) is 0. The molecule has 0 rings (SSSR count). The van der Waals surface area contributed by atoms with Crippen molar-refractivity contribution < 1.29 is 42.6 Å². The van der Waals surface area contributed by atoms with Crippen LogP contribution in [0.5, 0.6) is 0 Å². The van der Waals surface area contributed by atoms with Crippen LogP contribution in [-0.2, 0) is 37.4 Å². The SMILES string of the molecule is COCCO.[Y]. The number of rotatable bonds is 2. The molecule has 0 aliphatic carbocycles. The van der Waals surface area contributed by atoms with Crippen LogP contribution in [0.2, 0.25) is 0 Å². The zero-order chi connectivity index (χ0) is 4.12. The van der Waals surface area contributed by atoms with Gasteiger partial charge in [-0.15, -0.1) is 0 Å². The van der Waals surface area contributed by atoms with Gasteiger partial charge in [-0.25, -0.2) is 0 Å². The van der Waals surface area contributed by atoms with Gasteiger partial charge in [0.2, 0.25) is 0 Å². The summed E-state index contributed by atoms with van der Waals surface area (Å²) in [4.78, 5) is 0. The first-order chi connectivity index (χ1) is 2.41. The Labute approximate surface area is 62.8 Å². The van der Waals surface area contributed by atoms with Crippen LogP contribution in [0.15, 0.2) is 0 Å². The molecule has 0 spiro atoms. The van der Waals surface area contributed by atoms with Crippen molar-refractivity contribution in [2.24, 2.45) is 0 Å². The Bertz CT molecular complexity index is 16.3. The van der Waals surface area contributed by atoms with Crippen LogP contribution in [0.25, 0.3) is 0 Å². The third kappa shape index (κ3) is 8.90. The van der Waals surface area contributed by atoms with E-state index in [0.717, 1.165) is 0 Å². The first-order valence-electron chi connectivity index (χ1n) is 1.51. The molecule has 2 nitrogen and oxygen atoms in total. The van der Waals surface area contributed by atoms with Crippen molar-refractivity contribution in [2.75, 3.05) is 20.3 Å². The molecule has 3 heteroatoms. The van der Waals surface area contributed by atoms with Crippen LogP contribution < -0.4 is 0 Å². The standard InChI is InChI=1S/C3H8O2.Y/c1-5-3-2-4;/h4H,2-3H2,1H3;. The van der Waals surface area contributed by atoms with Crippen molar-refractivity contribution in [3.05, 3.63) is 0 Å². The normalized spacial score (nSPS) is 7.00. The van der Waals surface area contributed by atoms with Gasteiger partial charge in [-0.05, 0) is 0 Å². The maximum Gasteiger partial charge on any atom is 0.0693 e. The molecule has 0 aromatic carbocycles. The molecule has 0 unspecified atom stereocenters. The van der Waals surface area contributed by atoms with Gasteiger partial charge in [0.05, 0.1) is 13.2 Å². The van der Waals surface area contributed by atoms with Crippen molar-refractivity contribution in [1.29, 1.82) is 0 Å². The third-order valence-corrected chi connectivity index (χ3v) is 0.295. The molecule has 1 N–H and O–H groups in total. The predicted molar refractivity (Wildman–Crippen MR) is 19.0 cm³/mol. The summed E-state index contributed by atoms with van der Waals surface area (Å²) in [7, 11) is 1.55. The molecule has 35 valence electrons. The molecular formula is C3H8O2Y. The van der Waals surface area contributed by atoms with Gasteiger partial charge in [0.25, 0.3) is 0 Å². The first-order valence-corrected chi connectivity index (χ1v) is 1.51. The van der Waals surface area contributed by atoms with Gasteiger partial charge in [0.1, 0.15) is 0 Å². The van der Waals surface area contributed by atoms with Gasteiger partial charge in [0, 0.05) is 39.8 Å². The molecular weight excluding hydrogens is 157 g/mol. The van der Waals surface area contributed by atoms with E-state index in [1.165, 1.54) is 0 Å². The van der Waals surface area contributed by atoms with Crippen LogP contribution in [0.4, 0.5) is 0 Å². The van der Waals surface area contributed by atoms with Crippen LogP contribution in [0.3, 0.4) is 0 Å². The van der Waals surface area contributed by atoms with E-state index in [9.17, 15) is 0 Å². The van der Waals surface area contributed by atoms with Crippen molar-refractivity contribution in [3.63, 3.8) is 0 Å². The van der Waals surface area contributed by atoms with Crippen molar-refractivity contribution in [1.82, 2.24) is 0 Å². The van der Waals surface area contributed by atoms with Gasteiger partial charge >= 0.3 is 0 Å². The van der Waals surface area contributed by atoms with Crippen molar-refractivity contribution >= 4 is 0 Å². The molecule has 0 saturated heterocycles. The number of ether oxygens (including phenoxy) is 1. The Hall–Kier alpha value is 1.02. The molecule has 6 heavy (non-hydrogen) atoms. The fraction of sp³-hybridized carbons (Fsp3) is 1.00. The van der Waals surface area contributed by atoms with Gasteiger partial charge in [-0.1, -0.05) is 0 Å². The van der Waals surface area contributed by atoms with E-state index < -0.39 is 0 Å². The summed E-state index contributed by atoms with van der Waals surface area (Å²) >= 11 is 0. The smallest absolute Gasteiger partial charge is 0.0693 e. The van der Waals surface area contributed by atoms with E-state index in [1.54, 1.807) is 7.11 Å². The van der Waals surface area contributed by atoms with Crippen molar-refractivity contribution in [2.45, 2.75) is 0 Å². The molecule has 0 aliphatic heterocycles. The first kappa shape index (κ1) is 10.1. The fourth-order valence-electron chi connectivity index (χ4n) is 0.0913. The molecule has 0 saturated carbocycles. The molecule has 0 aliphatic rings. The number of hydrogen-bond acceptors (Lipinski definition) is 2. The Kier molecular flexibility index (Phi) is 15.8. The Balaban J connectivity index is 0.